The van der Waals surface area contributed by atoms with Crippen molar-refractivity contribution in [2.24, 2.45) is 0 Å². The van der Waals surface area contributed by atoms with Crippen molar-refractivity contribution in [1.29, 1.82) is 0 Å². The van der Waals surface area contributed by atoms with Crippen LogP contribution in [0.15, 0.2) is 12.2 Å². The van der Waals surface area contributed by atoms with E-state index in [9.17, 15) is 9.36 Å². The molecule has 0 spiro atoms. The Kier molecular flexibility index (Phi) is 22.3. The van der Waals surface area contributed by atoms with Gasteiger partial charge in [0.2, 0.25) is 0 Å². The number of hydrogen-bond acceptors (Lipinski definition) is 3. The van der Waals surface area contributed by atoms with Crippen LogP contribution in [-0.4, -0.2) is 67.1 Å². The Morgan fingerprint density at radius 2 is 1.28 bits per heavy atom. The molecule has 0 saturated carbocycles. The number of rotatable bonds is 16. The Bertz CT molecular complexity index is 382. The van der Waals surface area contributed by atoms with Crippen LogP contribution in [0.3, 0.4) is 0 Å². The third kappa shape index (κ3) is 25.0. The van der Waals surface area contributed by atoms with Crippen LogP contribution in [0.1, 0.15) is 96.8 Å². The maximum atomic E-state index is 11.1. The molecule has 0 atom stereocenters. The third-order valence-electron chi connectivity index (χ3n) is 3.86. The Hall–Kier alpha value is 0.996. The average molecular weight is 403 g/mol. The SMILES string of the molecule is CCCCCCCC/C=C\CCCCCCCC(=O)OP(=O)(O)O.[KH]. The molecule has 0 fully saturated rings. The fraction of sp³-hybridized carbons (Fsp3) is 0.833. The topological polar surface area (TPSA) is 83.8 Å². The number of phosphoric ester groups is 1. The Balaban J connectivity index is 0. The van der Waals surface area contributed by atoms with Crippen molar-refractivity contribution in [2.45, 2.75) is 96.8 Å². The molecule has 2 N–H and O–H groups in total. The summed E-state index contributed by atoms with van der Waals surface area (Å²) in [7, 11) is -4.67. The summed E-state index contributed by atoms with van der Waals surface area (Å²) >= 11 is 0. The van der Waals surface area contributed by atoms with Gasteiger partial charge in [0.15, 0.2) is 0 Å². The number of hydrogen-bond donors (Lipinski definition) is 2. The molecule has 0 aliphatic carbocycles. The van der Waals surface area contributed by atoms with Crippen molar-refractivity contribution >= 4 is 65.2 Å². The molecule has 0 aromatic rings. The van der Waals surface area contributed by atoms with E-state index in [2.05, 4.69) is 23.6 Å². The molecule has 0 aliphatic rings. The molecule has 0 bridgehead atoms. The predicted molar refractivity (Wildman–Crippen MR) is 105 cm³/mol. The van der Waals surface area contributed by atoms with Gasteiger partial charge in [-0.2, -0.15) is 0 Å². The molecule has 0 unspecified atom stereocenters. The predicted octanol–water partition coefficient (Wildman–Crippen LogP) is 5.01. The van der Waals surface area contributed by atoms with Crippen LogP contribution in [0, 0.1) is 0 Å². The van der Waals surface area contributed by atoms with Gasteiger partial charge in [0.05, 0.1) is 0 Å². The van der Waals surface area contributed by atoms with Crippen LogP contribution in [0.4, 0.5) is 0 Å². The Labute approximate surface area is 196 Å². The van der Waals surface area contributed by atoms with Gasteiger partial charge in [-0.1, -0.05) is 70.4 Å². The average Bonchev–Trinajstić information content (AvgIpc) is 2.49. The van der Waals surface area contributed by atoms with Crippen molar-refractivity contribution in [3.63, 3.8) is 0 Å². The molecule has 25 heavy (non-hydrogen) atoms. The number of carbonyl (C=O) groups is 1. The molecule has 0 amide bonds. The van der Waals surface area contributed by atoms with Crippen LogP contribution < -0.4 is 0 Å². The van der Waals surface area contributed by atoms with E-state index in [-0.39, 0.29) is 57.8 Å². The zero-order valence-electron chi connectivity index (χ0n) is 15.1. The number of phosphoric acid groups is 1. The van der Waals surface area contributed by atoms with Gasteiger partial charge in [0, 0.05) is 6.42 Å². The fourth-order valence-electron chi connectivity index (χ4n) is 2.52. The van der Waals surface area contributed by atoms with E-state index in [1.54, 1.807) is 0 Å². The van der Waals surface area contributed by atoms with E-state index in [1.165, 1.54) is 44.9 Å². The summed E-state index contributed by atoms with van der Waals surface area (Å²) in [6.07, 6.45) is 19.8. The van der Waals surface area contributed by atoms with Crippen LogP contribution in [0.25, 0.3) is 0 Å². The molecule has 0 heterocycles. The second-order valence-electron chi connectivity index (χ2n) is 6.29. The van der Waals surface area contributed by atoms with Crippen LogP contribution in [-0.2, 0) is 13.9 Å². The van der Waals surface area contributed by atoms with Gasteiger partial charge < -0.3 is 4.52 Å². The van der Waals surface area contributed by atoms with E-state index in [0.717, 1.165) is 32.1 Å². The molecule has 5 nitrogen and oxygen atoms in total. The Morgan fingerprint density at radius 1 is 0.840 bits per heavy atom. The van der Waals surface area contributed by atoms with Gasteiger partial charge in [0.25, 0.3) is 0 Å². The van der Waals surface area contributed by atoms with Gasteiger partial charge in [-0.3, -0.25) is 14.6 Å². The summed E-state index contributed by atoms with van der Waals surface area (Å²) < 4.78 is 14.4. The van der Waals surface area contributed by atoms with E-state index >= 15 is 0 Å². The number of unbranched alkanes of at least 4 members (excludes halogenated alkanes) is 11. The van der Waals surface area contributed by atoms with E-state index in [0.29, 0.717) is 6.42 Å². The first kappa shape index (κ1) is 28.2. The molecule has 7 heteroatoms. The quantitative estimate of drug-likeness (QED) is 0.164. The van der Waals surface area contributed by atoms with Gasteiger partial charge in [-0.05, 0) is 32.1 Å². The first-order valence-corrected chi connectivity index (χ1v) is 10.9. The molecule has 0 aliphatic heterocycles. The van der Waals surface area contributed by atoms with Crippen molar-refractivity contribution < 1.29 is 23.7 Å². The molecular formula is C18H36KO5P. The molecule has 0 saturated heterocycles. The minimum absolute atomic E-state index is 0. The van der Waals surface area contributed by atoms with Crippen molar-refractivity contribution in [3.8, 4) is 0 Å². The van der Waals surface area contributed by atoms with Gasteiger partial charge >= 0.3 is 65.2 Å². The standard InChI is InChI=1S/C18H35O5P.K.H/c1-2-3-4-5-6-7-8-9-10-11-12-13-14-15-16-17-18(19)23-24(20,21)22;;/h9-10H,2-8,11-17H2,1H3,(H2,20,21,22);;/b10-9-;;. The summed E-state index contributed by atoms with van der Waals surface area (Å²) in [6.45, 7) is 2.24. The zero-order chi connectivity index (χ0) is 18.1. The molecule has 0 aromatic carbocycles. The summed E-state index contributed by atoms with van der Waals surface area (Å²) in [5.41, 5.74) is 0. The third-order valence-corrected chi connectivity index (χ3v) is 4.30. The van der Waals surface area contributed by atoms with Crippen molar-refractivity contribution in [1.82, 2.24) is 0 Å². The monoisotopic (exact) mass is 402 g/mol. The normalized spacial score (nSPS) is 11.5. The van der Waals surface area contributed by atoms with E-state index in [1.807, 2.05) is 0 Å². The van der Waals surface area contributed by atoms with Gasteiger partial charge in [-0.25, -0.2) is 4.57 Å². The fourth-order valence-corrected chi connectivity index (χ4v) is 2.87. The van der Waals surface area contributed by atoms with Gasteiger partial charge in [0.1, 0.15) is 0 Å². The number of carbonyl (C=O) groups excluding carboxylic acids is 1. The summed E-state index contributed by atoms with van der Waals surface area (Å²) in [5, 5.41) is 0. The van der Waals surface area contributed by atoms with Crippen LogP contribution in [0.5, 0.6) is 0 Å². The minimum atomic E-state index is -4.67. The van der Waals surface area contributed by atoms with Crippen LogP contribution >= 0.6 is 7.82 Å². The van der Waals surface area contributed by atoms with E-state index < -0.39 is 13.8 Å². The number of allylic oxidation sites excluding steroid dienone is 2. The summed E-state index contributed by atoms with van der Waals surface area (Å²) in [5.74, 6) is -0.819. The maximum absolute atomic E-state index is 11.1. The summed E-state index contributed by atoms with van der Waals surface area (Å²) in [4.78, 5) is 28.0. The van der Waals surface area contributed by atoms with Crippen LogP contribution in [0.2, 0.25) is 0 Å². The molecule has 0 rings (SSSR count). The van der Waals surface area contributed by atoms with Gasteiger partial charge in [-0.15, -0.1) is 0 Å². The molecule has 0 aromatic heterocycles. The molecule has 144 valence electrons. The molecule has 0 radical (unpaired) electrons. The second kappa shape index (κ2) is 19.7. The van der Waals surface area contributed by atoms with Crippen molar-refractivity contribution in [3.05, 3.63) is 12.2 Å². The van der Waals surface area contributed by atoms with E-state index in [4.69, 9.17) is 9.79 Å². The Morgan fingerprint density at radius 3 is 1.76 bits per heavy atom. The second-order valence-corrected chi connectivity index (χ2v) is 7.45. The summed E-state index contributed by atoms with van der Waals surface area (Å²) in [6, 6.07) is 0. The molecular weight excluding hydrogens is 366 g/mol. The van der Waals surface area contributed by atoms with Crippen molar-refractivity contribution in [2.75, 3.05) is 0 Å². The first-order chi connectivity index (χ1) is 11.5. The zero-order valence-corrected chi connectivity index (χ0v) is 16.0. The first-order valence-electron chi connectivity index (χ1n) is 9.38.